The number of nitrogens with one attached hydrogen (secondary N) is 1. The third-order valence-corrected chi connectivity index (χ3v) is 7.94. The number of ketones is 1. The summed E-state index contributed by atoms with van der Waals surface area (Å²) < 4.78 is 10.4. The summed E-state index contributed by atoms with van der Waals surface area (Å²) in [5.74, 6) is 0.681. The molecule has 0 aromatic heterocycles. The van der Waals surface area contributed by atoms with Gasteiger partial charge in [0.1, 0.15) is 24.2 Å². The fraction of sp³-hybridized carbons (Fsp3) is 0.595. The Morgan fingerprint density at radius 1 is 0.979 bits per heavy atom. The number of carbonyl (C=O) groups excluding carboxylic acids is 4. The lowest BCUT2D eigenvalue weighted by Gasteiger charge is -2.31. The molecule has 3 atom stereocenters. The van der Waals surface area contributed by atoms with Crippen LogP contribution in [-0.2, 0) is 35.1 Å². The number of allylic oxidation sites excluding steroid dienone is 1. The molecule has 48 heavy (non-hydrogen) atoms. The minimum Gasteiger partial charge on any atom is -0.481 e. The summed E-state index contributed by atoms with van der Waals surface area (Å²) in [7, 11) is 0. The SMILES string of the molecule is CC#CCOc1ccc(CC(NC(=O)C(C=CCCCCCCC(=O)CCCCCCC)[C@@](O)(CCOC(C)=O)C(N)=O)C(=O)O)cc1. The fourth-order valence-corrected chi connectivity index (χ4v) is 5.08. The molecule has 0 fully saturated rings. The van der Waals surface area contributed by atoms with E-state index in [4.69, 9.17) is 15.2 Å². The molecule has 2 unspecified atom stereocenters. The maximum atomic E-state index is 13.5. The van der Waals surface area contributed by atoms with Gasteiger partial charge in [-0.2, -0.15) is 0 Å². The molecular weight excluding hydrogens is 616 g/mol. The summed E-state index contributed by atoms with van der Waals surface area (Å²) in [6.07, 6.45) is 13.0. The van der Waals surface area contributed by atoms with Gasteiger partial charge in [-0.3, -0.25) is 19.2 Å². The van der Waals surface area contributed by atoms with Gasteiger partial charge < -0.3 is 30.7 Å². The van der Waals surface area contributed by atoms with E-state index in [1.807, 2.05) is 0 Å². The first kappa shape index (κ1) is 41.9. The molecule has 0 radical (unpaired) electrons. The van der Waals surface area contributed by atoms with Gasteiger partial charge in [-0.1, -0.05) is 75.7 Å². The first-order valence-electron chi connectivity index (χ1n) is 16.9. The molecule has 0 bridgehead atoms. The van der Waals surface area contributed by atoms with Gasteiger partial charge in [0.2, 0.25) is 5.91 Å². The Bertz CT molecular complexity index is 1250. The summed E-state index contributed by atoms with van der Waals surface area (Å²) in [5, 5.41) is 23.7. The Hall–Kier alpha value is -4.17. The van der Waals surface area contributed by atoms with E-state index in [1.165, 1.54) is 25.3 Å². The Balaban J connectivity index is 2.89. The number of carbonyl (C=O) groups is 5. The summed E-state index contributed by atoms with van der Waals surface area (Å²) in [5.41, 5.74) is 3.69. The van der Waals surface area contributed by atoms with Gasteiger partial charge in [-0.25, -0.2) is 4.79 Å². The third-order valence-electron chi connectivity index (χ3n) is 7.94. The molecule has 0 heterocycles. The van der Waals surface area contributed by atoms with Crippen LogP contribution in [0.4, 0.5) is 0 Å². The van der Waals surface area contributed by atoms with Gasteiger partial charge in [0, 0.05) is 32.6 Å². The van der Waals surface area contributed by atoms with Gasteiger partial charge in [-0.15, -0.1) is 5.92 Å². The topological polar surface area (TPSA) is 182 Å². The van der Waals surface area contributed by atoms with E-state index in [-0.39, 0.29) is 19.6 Å². The summed E-state index contributed by atoms with van der Waals surface area (Å²) >= 11 is 0. The van der Waals surface area contributed by atoms with E-state index in [2.05, 4.69) is 24.1 Å². The van der Waals surface area contributed by atoms with E-state index in [1.54, 1.807) is 37.3 Å². The van der Waals surface area contributed by atoms with E-state index in [0.717, 1.165) is 45.4 Å². The van der Waals surface area contributed by atoms with Crippen LogP contribution in [0.2, 0.25) is 0 Å². The zero-order valence-electron chi connectivity index (χ0n) is 28.8. The molecule has 0 aliphatic heterocycles. The monoisotopic (exact) mass is 670 g/mol. The zero-order chi connectivity index (χ0) is 35.8. The number of hydrogen-bond acceptors (Lipinski definition) is 8. The molecule has 0 saturated carbocycles. The molecule has 1 rings (SSSR count). The highest BCUT2D eigenvalue weighted by molar-refractivity contribution is 5.94. The summed E-state index contributed by atoms with van der Waals surface area (Å²) in [6.45, 7) is 4.84. The van der Waals surface area contributed by atoms with Crippen molar-refractivity contribution in [3.63, 3.8) is 0 Å². The second-order valence-electron chi connectivity index (χ2n) is 11.9. The molecular formula is C37H54N2O9. The predicted molar refractivity (Wildman–Crippen MR) is 183 cm³/mol. The van der Waals surface area contributed by atoms with E-state index in [9.17, 15) is 34.2 Å². The number of ether oxygens (including phenoxy) is 2. The number of nitrogens with two attached hydrogens (primary N) is 1. The second-order valence-corrected chi connectivity index (χ2v) is 11.9. The zero-order valence-corrected chi connectivity index (χ0v) is 28.8. The molecule has 0 aliphatic carbocycles. The maximum absolute atomic E-state index is 13.5. The van der Waals surface area contributed by atoms with Crippen molar-refractivity contribution >= 4 is 29.5 Å². The van der Waals surface area contributed by atoms with Crippen molar-refractivity contribution in [2.24, 2.45) is 11.7 Å². The maximum Gasteiger partial charge on any atom is 0.326 e. The van der Waals surface area contributed by atoms with E-state index < -0.39 is 47.7 Å². The van der Waals surface area contributed by atoms with Gasteiger partial charge >= 0.3 is 11.9 Å². The quantitative estimate of drug-likeness (QED) is 0.0465. The molecule has 11 nitrogen and oxygen atoms in total. The van der Waals surface area contributed by atoms with Crippen molar-refractivity contribution in [1.82, 2.24) is 5.32 Å². The predicted octanol–water partition coefficient (Wildman–Crippen LogP) is 4.81. The number of primary amides is 1. The van der Waals surface area contributed by atoms with Gasteiger partial charge in [0.25, 0.3) is 5.91 Å². The normalized spacial score (nSPS) is 13.4. The first-order chi connectivity index (χ1) is 22.9. The van der Waals surface area contributed by atoms with Crippen LogP contribution in [0.25, 0.3) is 0 Å². The number of amides is 2. The molecule has 0 aliphatic rings. The van der Waals surface area contributed by atoms with Crippen molar-refractivity contribution < 1.29 is 43.7 Å². The smallest absolute Gasteiger partial charge is 0.326 e. The largest absolute Gasteiger partial charge is 0.481 e. The highest BCUT2D eigenvalue weighted by Gasteiger charge is 2.46. The second kappa shape index (κ2) is 24.0. The Labute approximate surface area is 285 Å². The molecule has 0 saturated heterocycles. The van der Waals surface area contributed by atoms with Crippen molar-refractivity contribution in [3.05, 3.63) is 42.0 Å². The minimum atomic E-state index is -2.46. The summed E-state index contributed by atoms with van der Waals surface area (Å²) in [6, 6.07) is 5.26. The molecule has 11 heteroatoms. The van der Waals surface area contributed by atoms with Crippen LogP contribution in [0.3, 0.4) is 0 Å². The molecule has 2 amide bonds. The highest BCUT2D eigenvalue weighted by atomic mass is 16.5. The number of carboxylic acids is 1. The number of esters is 1. The Morgan fingerprint density at radius 2 is 1.60 bits per heavy atom. The van der Waals surface area contributed by atoms with Crippen LogP contribution in [0.15, 0.2) is 36.4 Å². The van der Waals surface area contributed by atoms with Crippen LogP contribution >= 0.6 is 0 Å². The van der Waals surface area contributed by atoms with Crippen LogP contribution < -0.4 is 15.8 Å². The van der Waals surface area contributed by atoms with Crippen molar-refractivity contribution in [2.75, 3.05) is 13.2 Å². The fourth-order valence-electron chi connectivity index (χ4n) is 5.08. The van der Waals surface area contributed by atoms with Crippen molar-refractivity contribution in [2.45, 2.75) is 122 Å². The lowest BCUT2D eigenvalue weighted by molar-refractivity contribution is -0.155. The molecule has 0 spiro atoms. The highest BCUT2D eigenvalue weighted by Crippen LogP contribution is 2.25. The van der Waals surface area contributed by atoms with Gasteiger partial charge in [-0.05, 0) is 50.3 Å². The van der Waals surface area contributed by atoms with Gasteiger partial charge in [0.15, 0.2) is 5.60 Å². The minimum absolute atomic E-state index is 0.0869. The average molecular weight is 671 g/mol. The molecule has 1 aromatic rings. The lowest BCUT2D eigenvalue weighted by Crippen LogP contribution is -2.57. The Morgan fingerprint density at radius 3 is 2.17 bits per heavy atom. The summed E-state index contributed by atoms with van der Waals surface area (Å²) in [4.78, 5) is 61.6. The lowest BCUT2D eigenvalue weighted by atomic mass is 9.82. The molecule has 1 aromatic carbocycles. The van der Waals surface area contributed by atoms with Crippen LogP contribution in [0.1, 0.15) is 110 Å². The van der Waals surface area contributed by atoms with Crippen LogP contribution in [0.5, 0.6) is 5.75 Å². The number of benzene rings is 1. The first-order valence-corrected chi connectivity index (χ1v) is 16.9. The van der Waals surface area contributed by atoms with Crippen LogP contribution in [0, 0.1) is 17.8 Å². The number of rotatable bonds is 26. The van der Waals surface area contributed by atoms with E-state index in [0.29, 0.717) is 36.4 Å². The number of hydrogen-bond donors (Lipinski definition) is 4. The number of carboxylic acid groups (broad SMARTS) is 1. The van der Waals surface area contributed by atoms with Gasteiger partial charge in [0.05, 0.1) is 12.5 Å². The number of aliphatic carboxylic acids is 1. The van der Waals surface area contributed by atoms with E-state index >= 15 is 0 Å². The number of aliphatic hydroxyl groups is 1. The standard InChI is InChI=1S/C37H54N2O9/c1-4-6-8-11-14-17-30(41)18-15-12-9-10-13-16-19-32(37(46,36(38)45)24-26-47-28(3)40)34(42)39-33(35(43)44)27-29-20-22-31(23-21-29)48-25-7-5-2/h16,19-23,32-33,46H,4,6,8-15,17-18,24-27H2,1-3H3,(H2,38,45)(H,39,42)(H,43,44)/t32?,33?,37-/m0/s1. The molecule has 266 valence electrons. The number of unbranched alkanes of at least 4 members (excludes halogenated alkanes) is 8. The van der Waals surface area contributed by atoms with Crippen LogP contribution in [-0.4, -0.2) is 64.6 Å². The molecule has 5 N–H and O–H groups in total. The number of Topliss-reactive ketones (excluding diaryl/α,β-unsaturated/α-hetero) is 1. The average Bonchev–Trinajstić information content (AvgIpc) is 3.04. The third kappa shape index (κ3) is 17.1. The van der Waals surface area contributed by atoms with Crippen molar-refractivity contribution in [1.29, 1.82) is 0 Å². The van der Waals surface area contributed by atoms with Crippen molar-refractivity contribution in [3.8, 4) is 17.6 Å². The Kier molecular flexibility index (Phi) is 21.0.